The first-order valence-corrected chi connectivity index (χ1v) is 6.26. The lowest BCUT2D eigenvalue weighted by atomic mass is 10.2. The number of nitrogens with two attached hydrogens (primary N) is 1. The van der Waals surface area contributed by atoms with E-state index in [2.05, 4.69) is 10.3 Å². The van der Waals surface area contributed by atoms with Crippen LogP contribution in [0.25, 0.3) is 0 Å². The summed E-state index contributed by atoms with van der Waals surface area (Å²) in [6, 6.07) is 6.51. The number of pyridine rings is 1. The van der Waals surface area contributed by atoms with Gasteiger partial charge >= 0.3 is 0 Å². The van der Waals surface area contributed by atoms with Crippen molar-refractivity contribution in [1.82, 2.24) is 4.98 Å². The fourth-order valence-corrected chi connectivity index (χ4v) is 1.84. The number of rotatable bonds is 3. The number of ether oxygens (including phenoxy) is 1. The molecule has 1 aromatic heterocycles. The van der Waals surface area contributed by atoms with Gasteiger partial charge in [0.1, 0.15) is 11.4 Å². The molecule has 0 saturated heterocycles. The molecule has 20 heavy (non-hydrogen) atoms. The van der Waals surface area contributed by atoms with Crippen LogP contribution >= 0.6 is 11.6 Å². The maximum Gasteiger partial charge on any atom is 0.274 e. The molecule has 104 valence electrons. The van der Waals surface area contributed by atoms with Crippen LogP contribution in [0.3, 0.4) is 0 Å². The second-order valence-corrected chi connectivity index (χ2v) is 4.64. The van der Waals surface area contributed by atoms with Crippen molar-refractivity contribution in [2.45, 2.75) is 6.92 Å². The van der Waals surface area contributed by atoms with E-state index in [9.17, 15) is 4.79 Å². The summed E-state index contributed by atoms with van der Waals surface area (Å²) in [5, 5.41) is 3.30. The Labute approximate surface area is 121 Å². The van der Waals surface area contributed by atoms with Crippen molar-refractivity contribution in [3.63, 3.8) is 0 Å². The molecular weight excluding hydrogens is 278 g/mol. The van der Waals surface area contributed by atoms with E-state index in [0.717, 1.165) is 5.56 Å². The van der Waals surface area contributed by atoms with E-state index >= 15 is 0 Å². The average molecular weight is 292 g/mol. The monoisotopic (exact) mass is 291 g/mol. The summed E-state index contributed by atoms with van der Waals surface area (Å²) in [5.74, 6) is 0.121. The highest BCUT2D eigenvalue weighted by molar-refractivity contribution is 6.31. The smallest absolute Gasteiger partial charge is 0.274 e. The Hall–Kier alpha value is -2.27. The number of amides is 1. The number of aryl methyl sites for hydroxylation is 1. The summed E-state index contributed by atoms with van der Waals surface area (Å²) >= 11 is 6.02. The first kappa shape index (κ1) is 14.1. The molecule has 0 unspecified atom stereocenters. The second-order valence-electron chi connectivity index (χ2n) is 4.23. The average Bonchev–Trinajstić information content (AvgIpc) is 2.42. The number of anilines is 2. The predicted octanol–water partition coefficient (Wildman–Crippen LogP) is 2.89. The third-order valence-corrected chi connectivity index (χ3v) is 3.15. The molecule has 0 fully saturated rings. The minimum Gasteiger partial charge on any atom is -0.495 e. The Bertz CT molecular complexity index is 659. The van der Waals surface area contributed by atoms with Gasteiger partial charge < -0.3 is 15.8 Å². The van der Waals surface area contributed by atoms with Crippen LogP contribution in [0.5, 0.6) is 5.75 Å². The SMILES string of the molecule is COc1cc(Cl)c(C)cc1NC(=O)c1cc(N)ccn1. The number of hydrogen-bond donors (Lipinski definition) is 2. The molecule has 1 amide bonds. The molecular formula is C14H14ClN3O2. The predicted molar refractivity (Wildman–Crippen MR) is 79.3 cm³/mol. The van der Waals surface area contributed by atoms with Crippen LogP contribution in [0.15, 0.2) is 30.5 Å². The van der Waals surface area contributed by atoms with Gasteiger partial charge in [-0.1, -0.05) is 11.6 Å². The number of nitrogen functional groups attached to an aromatic ring is 1. The first-order valence-electron chi connectivity index (χ1n) is 5.88. The van der Waals surface area contributed by atoms with Crippen molar-refractivity contribution in [2.24, 2.45) is 0 Å². The van der Waals surface area contributed by atoms with E-state index in [4.69, 9.17) is 22.1 Å². The lowest BCUT2D eigenvalue weighted by molar-refractivity contribution is 0.102. The Morgan fingerprint density at radius 1 is 1.40 bits per heavy atom. The highest BCUT2D eigenvalue weighted by Crippen LogP contribution is 2.31. The van der Waals surface area contributed by atoms with Crippen LogP contribution < -0.4 is 15.8 Å². The van der Waals surface area contributed by atoms with Gasteiger partial charge in [-0.3, -0.25) is 9.78 Å². The summed E-state index contributed by atoms with van der Waals surface area (Å²) in [4.78, 5) is 16.1. The Balaban J connectivity index is 2.30. The number of carbonyl (C=O) groups is 1. The fraction of sp³-hybridized carbons (Fsp3) is 0.143. The molecule has 2 rings (SSSR count). The minimum atomic E-state index is -0.364. The zero-order valence-electron chi connectivity index (χ0n) is 11.1. The Morgan fingerprint density at radius 2 is 2.15 bits per heavy atom. The van der Waals surface area contributed by atoms with E-state index in [0.29, 0.717) is 22.1 Å². The van der Waals surface area contributed by atoms with E-state index in [-0.39, 0.29) is 11.6 Å². The van der Waals surface area contributed by atoms with Gasteiger partial charge in [-0.2, -0.15) is 0 Å². The number of benzene rings is 1. The summed E-state index contributed by atoms with van der Waals surface area (Å²) < 4.78 is 5.20. The van der Waals surface area contributed by atoms with Crippen molar-refractivity contribution in [1.29, 1.82) is 0 Å². The Kier molecular flexibility index (Phi) is 4.10. The van der Waals surface area contributed by atoms with Crippen molar-refractivity contribution in [3.8, 4) is 5.75 Å². The number of methoxy groups -OCH3 is 1. The molecule has 6 heteroatoms. The molecule has 0 bridgehead atoms. The topological polar surface area (TPSA) is 77.2 Å². The molecule has 0 radical (unpaired) electrons. The number of nitrogens with zero attached hydrogens (tertiary/aromatic N) is 1. The number of nitrogens with one attached hydrogen (secondary N) is 1. The molecule has 0 aliphatic rings. The summed E-state index contributed by atoms with van der Waals surface area (Å²) in [6.07, 6.45) is 1.48. The molecule has 0 aliphatic heterocycles. The van der Waals surface area contributed by atoms with Gasteiger partial charge in [0.2, 0.25) is 0 Å². The third kappa shape index (κ3) is 3.00. The van der Waals surface area contributed by atoms with Gasteiger partial charge in [-0.25, -0.2) is 0 Å². The highest BCUT2D eigenvalue weighted by Gasteiger charge is 2.13. The number of halogens is 1. The van der Waals surface area contributed by atoms with Gasteiger partial charge in [0, 0.05) is 23.0 Å². The molecule has 0 aliphatic carbocycles. The third-order valence-electron chi connectivity index (χ3n) is 2.75. The van der Waals surface area contributed by atoms with Gasteiger partial charge in [-0.15, -0.1) is 0 Å². The van der Waals surface area contributed by atoms with E-state index in [1.165, 1.54) is 19.4 Å². The lowest BCUT2D eigenvalue weighted by Gasteiger charge is -2.12. The number of carbonyl (C=O) groups excluding carboxylic acids is 1. The zero-order valence-corrected chi connectivity index (χ0v) is 11.9. The summed E-state index contributed by atoms with van der Waals surface area (Å²) in [7, 11) is 1.51. The molecule has 0 saturated carbocycles. The van der Waals surface area contributed by atoms with Crippen LogP contribution in [0.4, 0.5) is 11.4 Å². The van der Waals surface area contributed by atoms with E-state index < -0.39 is 0 Å². The summed E-state index contributed by atoms with van der Waals surface area (Å²) in [6.45, 7) is 1.84. The first-order chi connectivity index (χ1) is 9.51. The molecule has 3 N–H and O–H groups in total. The molecule has 1 aromatic carbocycles. The van der Waals surface area contributed by atoms with Crippen LogP contribution in [0, 0.1) is 6.92 Å². The van der Waals surface area contributed by atoms with Crippen LogP contribution in [0.1, 0.15) is 16.1 Å². The van der Waals surface area contributed by atoms with Gasteiger partial charge in [0.25, 0.3) is 5.91 Å². The minimum absolute atomic E-state index is 0.236. The second kappa shape index (κ2) is 5.79. The van der Waals surface area contributed by atoms with Crippen molar-refractivity contribution in [2.75, 3.05) is 18.2 Å². The van der Waals surface area contributed by atoms with Gasteiger partial charge in [0.15, 0.2) is 0 Å². The standard InChI is InChI=1S/C14H14ClN3O2/c1-8-5-11(13(20-2)7-10(8)15)18-14(19)12-6-9(16)3-4-17-12/h3-7H,1-2H3,(H2,16,17)(H,18,19). The molecule has 0 atom stereocenters. The van der Waals surface area contributed by atoms with Crippen LogP contribution in [-0.2, 0) is 0 Å². The maximum atomic E-state index is 12.1. The van der Waals surface area contributed by atoms with Crippen molar-refractivity contribution in [3.05, 3.63) is 46.7 Å². The summed E-state index contributed by atoms with van der Waals surface area (Å²) in [5.41, 5.74) is 7.71. The largest absolute Gasteiger partial charge is 0.495 e. The Morgan fingerprint density at radius 3 is 2.80 bits per heavy atom. The zero-order chi connectivity index (χ0) is 14.7. The lowest BCUT2D eigenvalue weighted by Crippen LogP contribution is -2.14. The molecule has 1 heterocycles. The molecule has 5 nitrogen and oxygen atoms in total. The molecule has 2 aromatic rings. The number of aromatic nitrogens is 1. The fourth-order valence-electron chi connectivity index (χ4n) is 1.69. The van der Waals surface area contributed by atoms with Crippen LogP contribution in [0.2, 0.25) is 5.02 Å². The van der Waals surface area contributed by atoms with Gasteiger partial charge in [-0.05, 0) is 30.7 Å². The normalized spacial score (nSPS) is 10.2. The highest BCUT2D eigenvalue weighted by atomic mass is 35.5. The maximum absolute atomic E-state index is 12.1. The molecule has 0 spiro atoms. The van der Waals surface area contributed by atoms with E-state index in [1.54, 1.807) is 18.2 Å². The van der Waals surface area contributed by atoms with Crippen molar-refractivity contribution < 1.29 is 9.53 Å². The van der Waals surface area contributed by atoms with E-state index in [1.807, 2.05) is 6.92 Å². The van der Waals surface area contributed by atoms with Crippen LogP contribution in [-0.4, -0.2) is 18.0 Å². The number of hydrogen-bond acceptors (Lipinski definition) is 4. The van der Waals surface area contributed by atoms with Crippen molar-refractivity contribution >= 4 is 28.9 Å². The quantitative estimate of drug-likeness (QED) is 0.911. The van der Waals surface area contributed by atoms with Gasteiger partial charge in [0.05, 0.1) is 12.8 Å².